The van der Waals surface area contributed by atoms with Crippen LogP contribution in [0.4, 0.5) is 11.4 Å². The number of carbonyl (C=O) groups is 1. The molecule has 1 amide bonds. The van der Waals surface area contributed by atoms with Gasteiger partial charge in [-0.25, -0.2) is 0 Å². The van der Waals surface area contributed by atoms with Crippen molar-refractivity contribution in [3.8, 4) is 11.1 Å². The number of halogens is 1. The van der Waals surface area contributed by atoms with Crippen LogP contribution in [0.1, 0.15) is 17.7 Å². The molecule has 4 rings (SSSR count). The SMILES string of the molecule is Cc1ncccc1-c1cccc(C2=Nc3ccc(Cl)cc3NC(=O)C2)c1. The van der Waals surface area contributed by atoms with Gasteiger partial charge in [-0.1, -0.05) is 35.9 Å². The Labute approximate surface area is 156 Å². The Kier molecular flexibility index (Phi) is 4.27. The summed E-state index contributed by atoms with van der Waals surface area (Å²) < 4.78 is 0. The van der Waals surface area contributed by atoms with Crippen LogP contribution in [-0.4, -0.2) is 16.6 Å². The zero-order valence-corrected chi connectivity index (χ0v) is 14.9. The Hall–Kier alpha value is -2.98. The summed E-state index contributed by atoms with van der Waals surface area (Å²) in [5, 5.41) is 3.44. The summed E-state index contributed by atoms with van der Waals surface area (Å²) >= 11 is 6.03. The summed E-state index contributed by atoms with van der Waals surface area (Å²) in [6.45, 7) is 1.98. The molecule has 0 spiro atoms. The predicted molar refractivity (Wildman–Crippen MR) is 105 cm³/mol. The minimum Gasteiger partial charge on any atom is -0.324 e. The van der Waals surface area contributed by atoms with Crippen LogP contribution in [0.25, 0.3) is 11.1 Å². The molecule has 0 aliphatic carbocycles. The van der Waals surface area contributed by atoms with E-state index in [-0.39, 0.29) is 12.3 Å². The molecule has 0 fully saturated rings. The lowest BCUT2D eigenvalue weighted by atomic mass is 9.99. The number of hydrogen-bond acceptors (Lipinski definition) is 3. The van der Waals surface area contributed by atoms with E-state index in [0.717, 1.165) is 28.1 Å². The lowest BCUT2D eigenvalue weighted by molar-refractivity contribution is -0.115. The summed E-state index contributed by atoms with van der Waals surface area (Å²) in [5.74, 6) is -0.104. The van der Waals surface area contributed by atoms with Gasteiger partial charge in [-0.3, -0.25) is 14.8 Å². The van der Waals surface area contributed by atoms with Gasteiger partial charge in [-0.05, 0) is 48.4 Å². The molecule has 1 N–H and O–H groups in total. The third-order valence-electron chi connectivity index (χ3n) is 4.33. The van der Waals surface area contributed by atoms with E-state index < -0.39 is 0 Å². The number of carbonyl (C=O) groups excluding carboxylic acids is 1. The Bertz CT molecular complexity index is 1040. The lowest BCUT2D eigenvalue weighted by Crippen LogP contribution is -2.15. The van der Waals surface area contributed by atoms with Gasteiger partial charge in [-0.15, -0.1) is 0 Å². The second-order valence-corrected chi connectivity index (χ2v) is 6.60. The smallest absolute Gasteiger partial charge is 0.230 e. The zero-order valence-electron chi connectivity index (χ0n) is 14.2. The first-order valence-corrected chi connectivity index (χ1v) is 8.67. The Morgan fingerprint density at radius 2 is 1.88 bits per heavy atom. The molecular weight excluding hydrogens is 346 g/mol. The minimum absolute atomic E-state index is 0.104. The van der Waals surface area contributed by atoms with Crippen molar-refractivity contribution in [1.82, 2.24) is 4.98 Å². The average molecular weight is 362 g/mol. The molecule has 5 heteroatoms. The molecule has 2 heterocycles. The fourth-order valence-electron chi connectivity index (χ4n) is 3.06. The highest BCUT2D eigenvalue weighted by Crippen LogP contribution is 2.32. The summed E-state index contributed by atoms with van der Waals surface area (Å²) in [6.07, 6.45) is 1.99. The van der Waals surface area contributed by atoms with Crippen molar-refractivity contribution in [3.05, 3.63) is 77.1 Å². The average Bonchev–Trinajstić information content (AvgIpc) is 2.80. The second-order valence-electron chi connectivity index (χ2n) is 6.16. The van der Waals surface area contributed by atoms with Gasteiger partial charge < -0.3 is 5.32 Å². The van der Waals surface area contributed by atoms with Crippen molar-refractivity contribution in [1.29, 1.82) is 0 Å². The van der Waals surface area contributed by atoms with Gasteiger partial charge in [0.1, 0.15) is 0 Å². The van der Waals surface area contributed by atoms with E-state index in [0.29, 0.717) is 16.4 Å². The summed E-state index contributed by atoms with van der Waals surface area (Å²) in [6, 6.07) is 17.3. The molecule has 2 aromatic carbocycles. The maximum Gasteiger partial charge on any atom is 0.230 e. The van der Waals surface area contributed by atoms with Crippen molar-refractivity contribution >= 4 is 34.6 Å². The van der Waals surface area contributed by atoms with Crippen molar-refractivity contribution in [2.24, 2.45) is 4.99 Å². The monoisotopic (exact) mass is 361 g/mol. The van der Waals surface area contributed by atoms with E-state index in [4.69, 9.17) is 16.6 Å². The molecular formula is C21H16ClN3O. The third-order valence-corrected chi connectivity index (χ3v) is 4.56. The predicted octanol–water partition coefficient (Wildman–Crippen LogP) is 5.17. The van der Waals surface area contributed by atoms with E-state index in [1.807, 2.05) is 43.3 Å². The topological polar surface area (TPSA) is 54.4 Å². The van der Waals surface area contributed by atoms with Crippen molar-refractivity contribution in [2.45, 2.75) is 13.3 Å². The normalized spacial score (nSPS) is 13.5. The summed E-state index contributed by atoms with van der Waals surface area (Å²) in [5.41, 5.74) is 6.08. The fourth-order valence-corrected chi connectivity index (χ4v) is 3.23. The molecule has 26 heavy (non-hydrogen) atoms. The number of amides is 1. The number of fused-ring (bicyclic) bond motifs is 1. The van der Waals surface area contributed by atoms with Gasteiger partial charge in [0, 0.05) is 22.5 Å². The second kappa shape index (κ2) is 6.73. The number of pyridine rings is 1. The van der Waals surface area contributed by atoms with Crippen LogP contribution in [0.5, 0.6) is 0 Å². The molecule has 0 unspecified atom stereocenters. The Morgan fingerprint density at radius 1 is 1.04 bits per heavy atom. The van der Waals surface area contributed by atoms with E-state index in [1.165, 1.54) is 0 Å². The van der Waals surface area contributed by atoms with Crippen LogP contribution in [0.3, 0.4) is 0 Å². The van der Waals surface area contributed by atoms with Crippen LogP contribution < -0.4 is 5.32 Å². The number of aryl methyl sites for hydroxylation is 1. The van der Waals surface area contributed by atoms with E-state index in [1.54, 1.807) is 18.3 Å². The largest absolute Gasteiger partial charge is 0.324 e. The number of anilines is 1. The van der Waals surface area contributed by atoms with Crippen molar-refractivity contribution in [2.75, 3.05) is 5.32 Å². The maximum atomic E-state index is 12.3. The lowest BCUT2D eigenvalue weighted by Gasteiger charge is -2.09. The molecule has 3 aromatic rings. The molecule has 4 nitrogen and oxygen atoms in total. The zero-order chi connectivity index (χ0) is 18.1. The molecule has 0 radical (unpaired) electrons. The third kappa shape index (κ3) is 3.24. The molecule has 1 aromatic heterocycles. The highest BCUT2D eigenvalue weighted by molar-refractivity contribution is 6.31. The van der Waals surface area contributed by atoms with Crippen molar-refractivity contribution in [3.63, 3.8) is 0 Å². The van der Waals surface area contributed by atoms with Crippen LogP contribution in [0.2, 0.25) is 5.02 Å². The van der Waals surface area contributed by atoms with E-state index in [9.17, 15) is 4.79 Å². The highest BCUT2D eigenvalue weighted by atomic mass is 35.5. The Morgan fingerprint density at radius 3 is 2.73 bits per heavy atom. The number of hydrogen-bond donors (Lipinski definition) is 1. The van der Waals surface area contributed by atoms with Crippen LogP contribution in [-0.2, 0) is 4.79 Å². The molecule has 0 bridgehead atoms. The number of nitrogens with zero attached hydrogens (tertiary/aromatic N) is 2. The molecule has 0 saturated carbocycles. The molecule has 128 valence electrons. The summed E-state index contributed by atoms with van der Waals surface area (Å²) in [7, 11) is 0. The number of rotatable bonds is 2. The van der Waals surface area contributed by atoms with Crippen LogP contribution in [0, 0.1) is 6.92 Å². The van der Waals surface area contributed by atoms with Gasteiger partial charge in [0.25, 0.3) is 0 Å². The van der Waals surface area contributed by atoms with Crippen LogP contribution >= 0.6 is 11.6 Å². The van der Waals surface area contributed by atoms with E-state index in [2.05, 4.69) is 16.4 Å². The first-order chi connectivity index (χ1) is 12.6. The standard InChI is InChI=1S/C21H16ClN3O/c1-13-17(6-3-9-23-13)14-4-2-5-15(10-14)19-12-21(26)25-20-11-16(22)7-8-18(20)24-19/h2-11H,12H2,1H3,(H,25,26). The molecule has 1 aliphatic rings. The first kappa shape index (κ1) is 16.5. The van der Waals surface area contributed by atoms with Gasteiger partial charge in [-0.2, -0.15) is 0 Å². The minimum atomic E-state index is -0.104. The molecule has 1 aliphatic heterocycles. The quantitative estimate of drug-likeness (QED) is 0.684. The number of aliphatic imine (C=N–C) groups is 1. The highest BCUT2D eigenvalue weighted by Gasteiger charge is 2.18. The fraction of sp³-hybridized carbons (Fsp3) is 0.0952. The van der Waals surface area contributed by atoms with Crippen LogP contribution in [0.15, 0.2) is 65.8 Å². The van der Waals surface area contributed by atoms with Gasteiger partial charge in [0.05, 0.1) is 23.5 Å². The number of aromatic nitrogens is 1. The van der Waals surface area contributed by atoms with E-state index >= 15 is 0 Å². The first-order valence-electron chi connectivity index (χ1n) is 8.29. The Balaban J connectivity index is 1.80. The van der Waals surface area contributed by atoms with Gasteiger partial charge in [0.15, 0.2) is 0 Å². The maximum absolute atomic E-state index is 12.3. The van der Waals surface area contributed by atoms with Crippen molar-refractivity contribution < 1.29 is 4.79 Å². The van der Waals surface area contributed by atoms with Gasteiger partial charge in [0.2, 0.25) is 5.91 Å². The number of nitrogens with one attached hydrogen (secondary N) is 1. The number of benzene rings is 2. The summed E-state index contributed by atoms with van der Waals surface area (Å²) in [4.78, 5) is 21.4. The molecule has 0 atom stereocenters. The van der Waals surface area contributed by atoms with Gasteiger partial charge >= 0.3 is 0 Å². The molecule has 0 saturated heterocycles.